The number of unbranched alkanes of at least 4 members (excludes halogenated alkanes) is 6. The number of sulfone groups is 2. The van der Waals surface area contributed by atoms with Crippen molar-refractivity contribution >= 4 is 73.6 Å². The molecule has 22 heteroatoms. The monoisotopic (exact) mass is 1120 g/mol. The summed E-state index contributed by atoms with van der Waals surface area (Å²) in [5, 5.41) is -7.53. The zero-order valence-corrected chi connectivity index (χ0v) is 41.7. The van der Waals surface area contributed by atoms with Gasteiger partial charge in [-0.3, -0.25) is 0 Å². The van der Waals surface area contributed by atoms with Crippen LogP contribution in [-0.2, 0) is 19.7 Å². The SMILES string of the molecule is CCC[CH2][Sn]([CH2]CCC)([CH2]CCC)[c]1s[c]([Sn]([CH2]CCC)([CH2]CCC)[CH2]CCC)c(S(=O)(=O)C(F)(F)C(F)(F)C(F)(F)C(F)(F)C(F)(F)C(F)(F)F)c1S(C)(=O)=O. The third-order valence-corrected chi connectivity index (χ3v) is 52.9. The molecule has 0 saturated heterocycles. The van der Waals surface area contributed by atoms with Crippen molar-refractivity contribution in [1.29, 1.82) is 0 Å². The third-order valence-electron chi connectivity index (χ3n) is 10.7. The Balaban J connectivity index is 4.95. The average molecular weight is 1120 g/mol. The van der Waals surface area contributed by atoms with Gasteiger partial charge in [-0.15, -0.1) is 0 Å². The summed E-state index contributed by atoms with van der Waals surface area (Å²) in [7, 11) is -12.7. The molecule has 0 radical (unpaired) electrons. The fourth-order valence-electron chi connectivity index (χ4n) is 7.25. The van der Waals surface area contributed by atoms with Crippen LogP contribution in [0.2, 0.25) is 26.6 Å². The summed E-state index contributed by atoms with van der Waals surface area (Å²) in [6.45, 7) is 10.7. The fraction of sp³-hybridized carbons (Fsp3) is 0.886. The third kappa shape index (κ3) is 10.7. The molecule has 0 saturated carbocycles. The minimum absolute atomic E-state index is 0.0545. The molecule has 0 bridgehead atoms. The Labute approximate surface area is 341 Å². The number of halogens is 13. The van der Waals surface area contributed by atoms with Gasteiger partial charge in [-0.2, -0.15) is 0 Å². The van der Waals surface area contributed by atoms with E-state index in [1.165, 1.54) is 0 Å². The predicted molar refractivity (Wildman–Crippen MR) is 204 cm³/mol. The number of thiophene rings is 1. The van der Waals surface area contributed by atoms with Gasteiger partial charge in [0.1, 0.15) is 0 Å². The molecule has 4 nitrogen and oxygen atoms in total. The van der Waals surface area contributed by atoms with Crippen LogP contribution in [0.25, 0.3) is 0 Å². The molecule has 0 atom stereocenters. The number of alkyl halides is 13. The molecule has 0 spiro atoms. The van der Waals surface area contributed by atoms with Crippen molar-refractivity contribution < 1.29 is 73.9 Å². The zero-order valence-electron chi connectivity index (χ0n) is 33.5. The summed E-state index contributed by atoms with van der Waals surface area (Å²) in [5.74, 6) is -32.9. The Morgan fingerprint density at radius 3 is 0.947 bits per heavy atom. The Kier molecular flexibility index (Phi) is 20.0. The van der Waals surface area contributed by atoms with Gasteiger partial charge in [-0.05, 0) is 0 Å². The van der Waals surface area contributed by atoms with Crippen LogP contribution in [0.4, 0.5) is 57.1 Å². The second-order valence-corrected chi connectivity index (χ2v) is 48.2. The van der Waals surface area contributed by atoms with E-state index >= 15 is 26.3 Å². The van der Waals surface area contributed by atoms with Crippen LogP contribution in [0.15, 0.2) is 9.79 Å². The van der Waals surface area contributed by atoms with Crippen LogP contribution in [0.3, 0.4) is 0 Å². The van der Waals surface area contributed by atoms with Crippen molar-refractivity contribution in [3.8, 4) is 0 Å². The van der Waals surface area contributed by atoms with E-state index in [-0.39, 0.29) is 16.2 Å². The summed E-state index contributed by atoms with van der Waals surface area (Å²) in [6, 6.07) is 0. The Morgan fingerprint density at radius 2 is 0.702 bits per heavy atom. The first-order chi connectivity index (χ1) is 25.8. The van der Waals surface area contributed by atoms with Crippen molar-refractivity contribution in [2.45, 2.75) is 190 Å². The molecule has 0 amide bonds. The van der Waals surface area contributed by atoms with E-state index in [0.29, 0.717) is 108 Å². The molecule has 0 aliphatic heterocycles. The molecular weight excluding hydrogens is 1060 g/mol. The molecule has 0 unspecified atom stereocenters. The number of hydrogen-bond acceptors (Lipinski definition) is 5. The topological polar surface area (TPSA) is 68.3 Å². The summed E-state index contributed by atoms with van der Waals surface area (Å²) < 4.78 is 247. The van der Waals surface area contributed by atoms with Gasteiger partial charge in [-0.1, -0.05) is 0 Å². The molecule has 0 fully saturated rings. The first-order valence-corrected chi connectivity index (χ1v) is 38.6. The van der Waals surface area contributed by atoms with Gasteiger partial charge in [0.2, 0.25) is 0 Å². The van der Waals surface area contributed by atoms with Gasteiger partial charge in [0.25, 0.3) is 0 Å². The number of rotatable bonds is 27. The van der Waals surface area contributed by atoms with E-state index in [0.717, 1.165) is 0 Å². The normalized spacial score (nSPS) is 14.8. The summed E-state index contributed by atoms with van der Waals surface area (Å²) >= 11 is -8.61. The Morgan fingerprint density at radius 1 is 0.439 bits per heavy atom. The molecule has 1 aromatic heterocycles. The van der Waals surface area contributed by atoms with Crippen LogP contribution in [0, 0.1) is 0 Å². The first kappa shape index (κ1) is 55.3. The van der Waals surface area contributed by atoms with E-state index < -0.39 is 104 Å². The maximum absolute atomic E-state index is 16.4. The van der Waals surface area contributed by atoms with Crippen molar-refractivity contribution in [2.75, 3.05) is 6.26 Å². The van der Waals surface area contributed by atoms with Gasteiger partial charge in [0.05, 0.1) is 0 Å². The first-order valence-electron chi connectivity index (χ1n) is 19.4. The fourth-order valence-corrected chi connectivity index (χ4v) is 59.8. The van der Waals surface area contributed by atoms with E-state index in [1.807, 2.05) is 20.8 Å². The molecule has 0 aliphatic carbocycles. The van der Waals surface area contributed by atoms with Gasteiger partial charge in [0, 0.05) is 0 Å². The molecule has 0 aromatic carbocycles. The molecule has 57 heavy (non-hydrogen) atoms. The van der Waals surface area contributed by atoms with Crippen LogP contribution in [-0.4, -0.2) is 95.0 Å². The Bertz CT molecular complexity index is 1620. The second kappa shape index (κ2) is 20.6. The van der Waals surface area contributed by atoms with Gasteiger partial charge in [0.15, 0.2) is 0 Å². The second-order valence-electron chi connectivity index (χ2n) is 15.2. The van der Waals surface area contributed by atoms with Crippen molar-refractivity contribution in [3.63, 3.8) is 0 Å². The molecular formula is C35H57F13O4S3Sn2. The predicted octanol–water partition coefficient (Wildman–Crippen LogP) is 12.7. The van der Waals surface area contributed by atoms with E-state index in [1.54, 1.807) is 20.8 Å². The van der Waals surface area contributed by atoms with Gasteiger partial charge >= 0.3 is 344 Å². The average Bonchev–Trinajstić information content (AvgIpc) is 3.54. The van der Waals surface area contributed by atoms with Crippen LogP contribution < -0.4 is 5.79 Å². The van der Waals surface area contributed by atoms with E-state index in [2.05, 4.69) is 0 Å². The maximum atomic E-state index is 16.4. The molecule has 0 aliphatic rings. The van der Waals surface area contributed by atoms with Crippen molar-refractivity contribution in [2.24, 2.45) is 0 Å². The van der Waals surface area contributed by atoms with E-state index in [4.69, 9.17) is 0 Å². The van der Waals surface area contributed by atoms with Gasteiger partial charge in [-0.25, -0.2) is 0 Å². The summed E-state index contributed by atoms with van der Waals surface area (Å²) in [6.07, 6.45) is -1.63. The summed E-state index contributed by atoms with van der Waals surface area (Å²) in [4.78, 5) is -3.15. The molecule has 0 N–H and O–H groups in total. The standard InChI is InChI=1S/C11H3F13O4S3.6C4H9.2Sn/c1-30(25,26)4-2-29-3-5(4)31(27,28)11(23,24)9(18,19)7(14,15)6(12,13)8(16,17)10(20,21)22;6*1-3-4-2;;/h1H3;6*1,3-4H2,2H3;;. The zero-order chi connectivity index (χ0) is 44.7. The van der Waals surface area contributed by atoms with Crippen molar-refractivity contribution in [1.82, 2.24) is 0 Å². The molecule has 1 aromatic rings. The summed E-state index contributed by atoms with van der Waals surface area (Å²) in [5.41, 5.74) is 0. The molecule has 1 heterocycles. The van der Waals surface area contributed by atoms with Crippen LogP contribution in [0.5, 0.6) is 0 Å². The van der Waals surface area contributed by atoms with Crippen LogP contribution >= 0.6 is 11.3 Å². The van der Waals surface area contributed by atoms with Crippen LogP contribution in [0.1, 0.15) is 119 Å². The van der Waals surface area contributed by atoms with E-state index in [9.17, 15) is 47.6 Å². The Hall–Kier alpha value is 0.287. The van der Waals surface area contributed by atoms with Crippen molar-refractivity contribution in [3.05, 3.63) is 0 Å². The minimum atomic E-state index is -8.36. The molecule has 338 valence electrons. The molecule has 1 rings (SSSR count). The quantitative estimate of drug-likeness (QED) is 0.0650. The van der Waals surface area contributed by atoms with Gasteiger partial charge < -0.3 is 0 Å². The number of hydrogen-bond donors (Lipinski definition) is 0.